The molecule has 1 atom stereocenters. The van der Waals surface area contributed by atoms with E-state index in [1.54, 1.807) is 48.6 Å². The second kappa shape index (κ2) is 24.8. The second-order valence-electron chi connectivity index (χ2n) is 14.6. The largest absolute Gasteiger partial charge is 0.487 e. The van der Waals surface area contributed by atoms with Gasteiger partial charge in [-0.05, 0) is 79.0 Å². The smallest absolute Gasteiger partial charge is 0.452 e. The molecule has 0 aliphatic carbocycles. The fraction of sp³-hybridized carbons (Fsp3) is 0.575. The minimum atomic E-state index is -0.661. The van der Waals surface area contributed by atoms with Gasteiger partial charge in [0.15, 0.2) is 12.4 Å². The summed E-state index contributed by atoms with van der Waals surface area (Å²) in [7, 11) is 1.75. The third-order valence-corrected chi connectivity index (χ3v) is 7.09. The minimum absolute atomic E-state index is 0.0284. The van der Waals surface area contributed by atoms with Crippen molar-refractivity contribution in [1.29, 1.82) is 0 Å². The first-order valence-corrected chi connectivity index (χ1v) is 18.4. The molecule has 0 heterocycles. The van der Waals surface area contributed by atoms with E-state index in [2.05, 4.69) is 28.0 Å². The molecule has 0 aliphatic heterocycles. The Morgan fingerprint density at radius 1 is 0.750 bits per heavy atom. The van der Waals surface area contributed by atoms with Crippen molar-refractivity contribution in [2.24, 2.45) is 0 Å². The highest BCUT2D eigenvalue weighted by atomic mass is 16.6. The van der Waals surface area contributed by atoms with Crippen molar-refractivity contribution < 1.29 is 33.3 Å². The van der Waals surface area contributed by atoms with Gasteiger partial charge in [-0.2, -0.15) is 10.0 Å². The number of carbonyl (C=O) groups is 3. The summed E-state index contributed by atoms with van der Waals surface area (Å²) in [6.07, 6.45) is 8.32. The van der Waals surface area contributed by atoms with E-state index in [0.717, 1.165) is 37.9 Å². The molecule has 52 heavy (non-hydrogen) atoms. The number of amides is 3. The lowest BCUT2D eigenvalue weighted by atomic mass is 10.1. The summed E-state index contributed by atoms with van der Waals surface area (Å²) in [4.78, 5) is 36.2. The van der Waals surface area contributed by atoms with Crippen molar-refractivity contribution in [3.63, 3.8) is 0 Å². The number of rotatable bonds is 20. The maximum absolute atomic E-state index is 12.5. The van der Waals surface area contributed by atoms with Crippen LogP contribution in [-0.4, -0.2) is 69.4 Å². The highest BCUT2D eigenvalue weighted by Gasteiger charge is 2.35. The molecule has 0 saturated heterocycles. The van der Waals surface area contributed by atoms with Gasteiger partial charge in [-0.25, -0.2) is 14.4 Å². The van der Waals surface area contributed by atoms with Gasteiger partial charge in [-0.3, -0.25) is 5.32 Å². The molecule has 4 N–H and O–H groups in total. The number of alkyl carbamates (subject to hydrolysis) is 2. The van der Waals surface area contributed by atoms with Crippen molar-refractivity contribution in [1.82, 2.24) is 26.0 Å². The summed E-state index contributed by atoms with van der Waals surface area (Å²) in [5.41, 5.74) is 3.21. The van der Waals surface area contributed by atoms with Crippen LogP contribution in [0.2, 0.25) is 0 Å². The van der Waals surface area contributed by atoms with E-state index in [1.807, 2.05) is 67.6 Å². The molecule has 292 valence electrons. The number of nitrogens with zero attached hydrogens (tertiary/aromatic N) is 1. The molecule has 0 radical (unpaired) electrons. The molecule has 2 rings (SSSR count). The molecule has 12 heteroatoms. The van der Waals surface area contributed by atoms with Gasteiger partial charge in [-0.1, -0.05) is 81.1 Å². The Hall–Kier alpha value is -4.29. The van der Waals surface area contributed by atoms with Gasteiger partial charge < -0.3 is 29.6 Å². The van der Waals surface area contributed by atoms with Crippen LogP contribution in [0.4, 0.5) is 20.1 Å². The predicted molar refractivity (Wildman–Crippen MR) is 209 cm³/mol. The van der Waals surface area contributed by atoms with Gasteiger partial charge in [0.2, 0.25) is 5.69 Å². The molecule has 2 aromatic rings. The van der Waals surface area contributed by atoms with Gasteiger partial charge >= 0.3 is 18.3 Å². The average Bonchev–Trinajstić information content (AvgIpc) is 3.07. The van der Waals surface area contributed by atoms with Crippen molar-refractivity contribution >= 4 is 24.0 Å². The second-order valence-corrected chi connectivity index (χ2v) is 14.6. The zero-order chi connectivity index (χ0) is 38.9. The van der Waals surface area contributed by atoms with Gasteiger partial charge in [0, 0.05) is 19.2 Å². The van der Waals surface area contributed by atoms with E-state index in [0.29, 0.717) is 31.2 Å². The third-order valence-electron chi connectivity index (χ3n) is 7.09. The third kappa shape index (κ3) is 22.5. The van der Waals surface area contributed by atoms with Crippen LogP contribution < -0.4 is 30.7 Å². The molecule has 3 amide bonds. The zero-order valence-electron chi connectivity index (χ0n) is 33.0. The predicted octanol–water partition coefficient (Wildman–Crippen LogP) is 8.36. The SMILES string of the molecule is C=CCNCCCCCCCCNC(=O)OCc1ccccc1.CCCOc1ccccc1[N+](C)(CNC(=O)OC(C)(C)C)NC(=O)OC(C)(C)C. The number of hydrogen-bond donors (Lipinski definition) is 4. The van der Waals surface area contributed by atoms with Crippen LogP contribution in [0.1, 0.15) is 99.0 Å². The summed E-state index contributed by atoms with van der Waals surface area (Å²) in [6.45, 7) is 19.9. The first-order valence-electron chi connectivity index (χ1n) is 18.4. The lowest BCUT2D eigenvalue weighted by molar-refractivity contribution is 0.0313. The number of hydrogen-bond acceptors (Lipinski definition) is 8. The molecule has 0 saturated carbocycles. The fourth-order valence-corrected chi connectivity index (χ4v) is 4.67. The van der Waals surface area contributed by atoms with Crippen molar-refractivity contribution in [3.8, 4) is 5.75 Å². The Kier molecular flexibility index (Phi) is 21.8. The van der Waals surface area contributed by atoms with E-state index in [-0.39, 0.29) is 17.4 Å². The molecule has 0 aromatic heterocycles. The Morgan fingerprint density at radius 2 is 1.33 bits per heavy atom. The van der Waals surface area contributed by atoms with E-state index in [9.17, 15) is 14.4 Å². The van der Waals surface area contributed by atoms with Gasteiger partial charge in [0.05, 0.1) is 13.7 Å². The summed E-state index contributed by atoms with van der Waals surface area (Å²) in [5, 5.41) is 8.82. The maximum Gasteiger partial charge on any atom is 0.452 e. The Labute approximate surface area is 312 Å². The molecule has 1 unspecified atom stereocenters. The first-order chi connectivity index (χ1) is 24.6. The van der Waals surface area contributed by atoms with E-state index < -0.39 is 23.4 Å². The highest BCUT2D eigenvalue weighted by molar-refractivity contribution is 5.71. The van der Waals surface area contributed by atoms with Crippen LogP contribution in [0, 0.1) is 0 Å². The zero-order valence-corrected chi connectivity index (χ0v) is 33.0. The van der Waals surface area contributed by atoms with Crippen molar-refractivity contribution in [2.45, 2.75) is 111 Å². The Morgan fingerprint density at radius 3 is 1.94 bits per heavy atom. The quantitative estimate of drug-likeness (QED) is 0.0267. The Bertz CT molecular complexity index is 1310. The van der Waals surface area contributed by atoms with Gasteiger partial charge in [0.1, 0.15) is 17.8 Å². The summed E-state index contributed by atoms with van der Waals surface area (Å²) in [6, 6.07) is 17.1. The summed E-state index contributed by atoms with van der Waals surface area (Å²) >= 11 is 0. The first kappa shape index (κ1) is 45.7. The number of ether oxygens (including phenoxy) is 4. The van der Waals surface area contributed by atoms with Crippen LogP contribution >= 0.6 is 0 Å². The van der Waals surface area contributed by atoms with Crippen LogP contribution in [0.25, 0.3) is 0 Å². The van der Waals surface area contributed by atoms with E-state index >= 15 is 0 Å². The van der Waals surface area contributed by atoms with Crippen LogP contribution in [0.3, 0.4) is 0 Å². The molecular formula is C40H66N5O7+. The molecule has 12 nitrogen and oxygen atoms in total. The van der Waals surface area contributed by atoms with Crippen molar-refractivity contribution in [3.05, 3.63) is 72.8 Å². The van der Waals surface area contributed by atoms with Crippen molar-refractivity contribution in [2.75, 3.05) is 40.0 Å². The minimum Gasteiger partial charge on any atom is -0.487 e. The number of nitrogens with one attached hydrogen (secondary N) is 4. The fourth-order valence-electron chi connectivity index (χ4n) is 4.67. The molecule has 0 fully saturated rings. The molecular weight excluding hydrogens is 662 g/mol. The maximum atomic E-state index is 12.5. The van der Waals surface area contributed by atoms with Gasteiger partial charge in [0.25, 0.3) is 0 Å². The molecule has 0 bridgehead atoms. The number of para-hydroxylation sites is 2. The Balaban J connectivity index is 0.000000534. The van der Waals surface area contributed by atoms with Gasteiger partial charge in [-0.15, -0.1) is 6.58 Å². The van der Waals surface area contributed by atoms with E-state index in [1.165, 1.54) is 25.7 Å². The summed E-state index contributed by atoms with van der Waals surface area (Å²) < 4.78 is 21.6. The topological polar surface area (TPSA) is 136 Å². The molecule has 0 spiro atoms. The standard InChI is InChI=1S/C21H35N3O5.C19H30N2O2/c1-9-14-27-17-13-11-10-12-16(17)24(8,23-19(26)29-21(5,6)7)15-22-18(25)28-20(2,3)4;1-2-14-20-15-10-5-3-4-6-11-16-21-19(22)23-17-18-12-8-7-9-13-18/h10-13H,9,14-15H2,1-8H3,(H-,22,23,25,26);2,7-9,12-13,20H,1,3-6,10-11,14-17H2,(H,21,22)/p+1. The molecule has 0 aliphatic rings. The number of quaternary nitrogens is 1. The van der Waals surface area contributed by atoms with Crippen LogP contribution in [-0.2, 0) is 20.8 Å². The van der Waals surface area contributed by atoms with E-state index in [4.69, 9.17) is 18.9 Å². The normalized spacial score (nSPS) is 12.2. The molecule has 2 aromatic carbocycles. The lowest BCUT2D eigenvalue weighted by Crippen LogP contribution is -2.64. The van der Waals surface area contributed by atoms with Crippen LogP contribution in [0.15, 0.2) is 67.3 Å². The number of unbranched alkanes of at least 4 members (excludes halogenated alkanes) is 5. The average molecular weight is 729 g/mol. The van der Waals surface area contributed by atoms with Crippen LogP contribution in [0.5, 0.6) is 5.75 Å². The number of benzene rings is 2. The summed E-state index contributed by atoms with van der Waals surface area (Å²) in [5.74, 6) is 0.610. The lowest BCUT2D eigenvalue weighted by Gasteiger charge is -2.34. The number of carbonyl (C=O) groups excluding carboxylic acids is 3. The highest BCUT2D eigenvalue weighted by Crippen LogP contribution is 2.31. The monoisotopic (exact) mass is 728 g/mol.